The second-order valence-corrected chi connectivity index (χ2v) is 9.74. The molecule has 0 atom stereocenters. The minimum absolute atomic E-state index is 0.0364. The summed E-state index contributed by atoms with van der Waals surface area (Å²) >= 11 is 1.00. The van der Waals surface area contributed by atoms with Gasteiger partial charge in [-0.1, -0.05) is 30.3 Å². The molecule has 0 unspecified atom stereocenters. The standard InChI is InChI=1S/C30H20N4O5S/c1-19-6-5-7-21(16-19)32-28(35)25(18-31)30-33(22-8-3-2-4-9-22)29(36)27(40-30)17-24-14-15-26(39-24)20-10-12-23(13-11-20)34(37)38/h2-17H,1H3,(H,32,35)/b27-17+,30-25+. The lowest BCUT2D eigenvalue weighted by molar-refractivity contribution is -0.384. The maximum absolute atomic E-state index is 13.6. The number of aromatic nitrogens is 1. The number of thiazole rings is 1. The number of aryl methyl sites for hydroxylation is 1. The van der Waals surface area contributed by atoms with Crippen molar-refractivity contribution in [2.75, 3.05) is 5.32 Å². The first-order valence-electron chi connectivity index (χ1n) is 12.0. The number of carbonyl (C=O) groups excluding carboxylic acids is 1. The number of nitro benzene ring substituents is 1. The van der Waals surface area contributed by atoms with E-state index in [0.29, 0.717) is 28.5 Å². The number of amides is 1. The van der Waals surface area contributed by atoms with Crippen molar-refractivity contribution in [2.45, 2.75) is 6.92 Å². The third kappa shape index (κ3) is 5.36. The Morgan fingerprint density at radius 3 is 2.48 bits per heavy atom. The van der Waals surface area contributed by atoms with Gasteiger partial charge in [-0.2, -0.15) is 5.26 Å². The molecule has 0 radical (unpaired) electrons. The largest absolute Gasteiger partial charge is 0.457 e. The average Bonchev–Trinajstić information content (AvgIpc) is 3.54. The number of nitriles is 1. The highest BCUT2D eigenvalue weighted by Crippen LogP contribution is 2.24. The molecule has 9 nitrogen and oxygen atoms in total. The zero-order chi connectivity index (χ0) is 28.2. The Hall–Kier alpha value is -5.53. The van der Waals surface area contributed by atoms with Crippen molar-refractivity contribution in [3.8, 4) is 23.1 Å². The van der Waals surface area contributed by atoms with E-state index in [-0.39, 0.29) is 20.5 Å². The van der Waals surface area contributed by atoms with Gasteiger partial charge in [0.1, 0.15) is 22.3 Å². The van der Waals surface area contributed by atoms with E-state index in [0.717, 1.165) is 16.9 Å². The predicted molar refractivity (Wildman–Crippen MR) is 152 cm³/mol. The maximum atomic E-state index is 13.6. The number of para-hydroxylation sites is 1. The molecule has 0 bridgehead atoms. The lowest BCUT2D eigenvalue weighted by Crippen LogP contribution is -2.32. The monoisotopic (exact) mass is 548 g/mol. The van der Waals surface area contributed by atoms with E-state index in [1.54, 1.807) is 72.8 Å². The van der Waals surface area contributed by atoms with Gasteiger partial charge in [-0.3, -0.25) is 24.3 Å². The van der Waals surface area contributed by atoms with Gasteiger partial charge in [-0.15, -0.1) is 11.3 Å². The van der Waals surface area contributed by atoms with Crippen LogP contribution in [-0.2, 0) is 4.79 Å². The van der Waals surface area contributed by atoms with Crippen LogP contribution in [0.15, 0.2) is 100 Å². The lowest BCUT2D eigenvalue weighted by atomic mass is 10.1. The number of non-ortho nitro benzene ring substituents is 1. The molecule has 5 aromatic rings. The highest BCUT2D eigenvalue weighted by molar-refractivity contribution is 7.07. The number of carbonyl (C=O) groups is 1. The highest BCUT2D eigenvalue weighted by atomic mass is 32.1. The molecule has 196 valence electrons. The van der Waals surface area contributed by atoms with Crippen molar-refractivity contribution in [2.24, 2.45) is 0 Å². The molecule has 0 saturated carbocycles. The molecule has 5 rings (SSSR count). The van der Waals surface area contributed by atoms with Gasteiger partial charge in [-0.05, 0) is 61.0 Å². The van der Waals surface area contributed by atoms with Crippen LogP contribution in [0.3, 0.4) is 0 Å². The minimum atomic E-state index is -0.635. The molecule has 2 heterocycles. The van der Waals surface area contributed by atoms with Crippen molar-refractivity contribution >= 4 is 40.3 Å². The van der Waals surface area contributed by atoms with Gasteiger partial charge in [0.05, 0.1) is 15.1 Å². The number of nitrogens with zero attached hydrogens (tertiary/aromatic N) is 3. The smallest absolute Gasteiger partial charge is 0.273 e. The van der Waals surface area contributed by atoms with Crippen molar-refractivity contribution in [3.63, 3.8) is 0 Å². The van der Waals surface area contributed by atoms with Gasteiger partial charge >= 0.3 is 0 Å². The van der Waals surface area contributed by atoms with Crippen molar-refractivity contribution in [1.82, 2.24) is 4.57 Å². The maximum Gasteiger partial charge on any atom is 0.273 e. The van der Waals surface area contributed by atoms with Crippen molar-refractivity contribution in [1.29, 1.82) is 5.26 Å². The number of hydrogen-bond acceptors (Lipinski definition) is 7. The van der Waals surface area contributed by atoms with Gasteiger partial charge in [0, 0.05) is 29.5 Å². The molecule has 40 heavy (non-hydrogen) atoms. The van der Waals surface area contributed by atoms with E-state index in [1.807, 2.05) is 19.1 Å². The molecule has 1 amide bonds. The normalized spacial score (nSPS) is 12.1. The molecule has 10 heteroatoms. The summed E-state index contributed by atoms with van der Waals surface area (Å²) in [4.78, 5) is 37.2. The second-order valence-electron chi connectivity index (χ2n) is 8.71. The van der Waals surface area contributed by atoms with Crippen molar-refractivity contribution in [3.05, 3.63) is 132 Å². The summed E-state index contributed by atoms with van der Waals surface area (Å²) in [6.45, 7) is 1.89. The first-order valence-corrected chi connectivity index (χ1v) is 12.8. The summed E-state index contributed by atoms with van der Waals surface area (Å²) in [7, 11) is 0. The number of furan rings is 1. The lowest BCUT2D eigenvalue weighted by Gasteiger charge is -2.06. The first kappa shape index (κ1) is 26.1. The number of benzene rings is 3. The summed E-state index contributed by atoms with van der Waals surface area (Å²) < 4.78 is 7.66. The van der Waals surface area contributed by atoms with Gasteiger partial charge in [0.15, 0.2) is 5.57 Å². The Balaban J connectivity index is 1.62. The number of nitrogens with one attached hydrogen (secondary N) is 1. The van der Waals surface area contributed by atoms with Crippen LogP contribution in [-0.4, -0.2) is 15.4 Å². The van der Waals surface area contributed by atoms with Crippen LogP contribution in [0.25, 0.3) is 28.7 Å². The highest BCUT2D eigenvalue weighted by Gasteiger charge is 2.18. The molecule has 0 saturated heterocycles. The number of rotatable bonds is 6. The van der Waals surface area contributed by atoms with Crippen LogP contribution in [0.1, 0.15) is 11.3 Å². The van der Waals surface area contributed by atoms with Crippen LogP contribution in [0, 0.1) is 28.4 Å². The van der Waals surface area contributed by atoms with Crippen LogP contribution in [0.5, 0.6) is 0 Å². The minimum Gasteiger partial charge on any atom is -0.457 e. The zero-order valence-electron chi connectivity index (χ0n) is 21.0. The van der Waals surface area contributed by atoms with Crippen LogP contribution in [0.4, 0.5) is 11.4 Å². The van der Waals surface area contributed by atoms with E-state index in [9.17, 15) is 25.0 Å². The third-order valence-corrected chi connectivity index (χ3v) is 7.02. The zero-order valence-corrected chi connectivity index (χ0v) is 21.8. The third-order valence-electron chi connectivity index (χ3n) is 5.93. The fourth-order valence-electron chi connectivity index (χ4n) is 4.04. The molecular formula is C30H20N4O5S. The average molecular weight is 549 g/mol. The first-order chi connectivity index (χ1) is 19.3. The molecule has 0 aliphatic heterocycles. The summed E-state index contributed by atoms with van der Waals surface area (Å²) in [6, 6.07) is 27.2. The summed E-state index contributed by atoms with van der Waals surface area (Å²) in [5, 5.41) is 23.7. The SMILES string of the molecule is Cc1cccc(NC(=O)/C(C#N)=c2/s/c(=C/c3ccc(-c4ccc([N+](=O)[O-])cc4)o3)c(=O)n2-c2ccccc2)c1. The Morgan fingerprint density at radius 2 is 1.80 bits per heavy atom. The topological polar surface area (TPSA) is 131 Å². The van der Waals surface area contributed by atoms with Crippen LogP contribution >= 0.6 is 11.3 Å². The van der Waals surface area contributed by atoms with E-state index in [4.69, 9.17) is 4.42 Å². The van der Waals surface area contributed by atoms with Gasteiger partial charge in [-0.25, -0.2) is 0 Å². The molecule has 0 aliphatic rings. The number of nitro groups is 1. The van der Waals surface area contributed by atoms with Gasteiger partial charge in [0.25, 0.3) is 17.2 Å². The molecular weight excluding hydrogens is 528 g/mol. The summed E-state index contributed by atoms with van der Waals surface area (Å²) in [6.07, 6.45) is 1.54. The molecule has 0 fully saturated rings. The molecule has 0 spiro atoms. The number of hydrogen-bond donors (Lipinski definition) is 1. The molecule has 0 aliphatic carbocycles. The second kappa shape index (κ2) is 11.1. The summed E-state index contributed by atoms with van der Waals surface area (Å²) in [5.41, 5.74) is 1.94. The van der Waals surface area contributed by atoms with Gasteiger partial charge in [0.2, 0.25) is 0 Å². The fraction of sp³-hybridized carbons (Fsp3) is 0.0333. The quantitative estimate of drug-likeness (QED) is 0.245. The molecule has 3 aromatic carbocycles. The Labute approximate surface area is 231 Å². The van der Waals surface area contributed by atoms with Crippen LogP contribution in [0.2, 0.25) is 0 Å². The van der Waals surface area contributed by atoms with Crippen LogP contribution < -0.4 is 20.1 Å². The van der Waals surface area contributed by atoms with E-state index >= 15 is 0 Å². The van der Waals surface area contributed by atoms with E-state index < -0.39 is 16.4 Å². The predicted octanol–water partition coefficient (Wildman–Crippen LogP) is 4.52. The number of anilines is 1. The Kier molecular flexibility index (Phi) is 7.22. The summed E-state index contributed by atoms with van der Waals surface area (Å²) in [5.74, 6) is 0.188. The fourth-order valence-corrected chi connectivity index (χ4v) is 5.12. The van der Waals surface area contributed by atoms with Gasteiger partial charge < -0.3 is 9.73 Å². The molecule has 1 N–H and O–H groups in total. The Bertz CT molecular complexity index is 1960. The Morgan fingerprint density at radius 1 is 1.05 bits per heavy atom. The molecule has 2 aromatic heterocycles. The van der Waals surface area contributed by atoms with E-state index in [2.05, 4.69) is 5.32 Å². The van der Waals surface area contributed by atoms with Crippen molar-refractivity contribution < 1.29 is 14.1 Å². The van der Waals surface area contributed by atoms with E-state index in [1.165, 1.54) is 22.8 Å².